The van der Waals surface area contributed by atoms with Crippen molar-refractivity contribution in [3.05, 3.63) is 30.1 Å². The Labute approximate surface area is 110 Å². The Balaban J connectivity index is 1.98. The van der Waals surface area contributed by atoms with E-state index < -0.39 is 5.97 Å². The molecule has 6 heteroatoms. The molecule has 19 heavy (non-hydrogen) atoms. The van der Waals surface area contributed by atoms with E-state index >= 15 is 0 Å². The maximum atomic E-state index is 11.4. The highest BCUT2D eigenvalue weighted by atomic mass is 16.5. The number of hydrogen-bond donors (Lipinski definition) is 1. The Hall–Kier alpha value is -2.37. The molecule has 0 bridgehead atoms. The normalized spacial score (nSPS) is 10.4. The number of hydrogen-bond acceptors (Lipinski definition) is 4. The average Bonchev–Trinajstić information content (AvgIpc) is 2.77. The van der Waals surface area contributed by atoms with Gasteiger partial charge in [-0.2, -0.15) is 0 Å². The summed E-state index contributed by atoms with van der Waals surface area (Å²) in [5.41, 5.74) is 2.84. The standard InChI is InChI=1S/C13H15N3O3/c1-16-8-15-10-5-9(3-4-11(10)16)7-14-12(17)6-13(18)19-2/h3-5,8H,6-7H2,1-2H3,(H,14,17). The van der Waals surface area contributed by atoms with E-state index in [2.05, 4.69) is 15.0 Å². The molecule has 0 aliphatic heterocycles. The molecule has 0 aliphatic rings. The molecule has 0 aliphatic carbocycles. The molecule has 100 valence electrons. The van der Waals surface area contributed by atoms with E-state index in [1.807, 2.05) is 29.8 Å². The van der Waals surface area contributed by atoms with Crippen LogP contribution in [0.4, 0.5) is 0 Å². The molecular formula is C13H15N3O3. The predicted molar refractivity (Wildman–Crippen MR) is 69.2 cm³/mol. The second-order valence-electron chi connectivity index (χ2n) is 4.21. The van der Waals surface area contributed by atoms with Crippen molar-refractivity contribution in [2.75, 3.05) is 7.11 Å². The van der Waals surface area contributed by atoms with Crippen LogP contribution in [0.5, 0.6) is 0 Å². The third-order valence-corrected chi connectivity index (χ3v) is 2.81. The first-order valence-electron chi connectivity index (χ1n) is 5.83. The van der Waals surface area contributed by atoms with Crippen LogP contribution in [-0.4, -0.2) is 28.5 Å². The Morgan fingerprint density at radius 2 is 2.21 bits per heavy atom. The number of imidazole rings is 1. The van der Waals surface area contributed by atoms with Gasteiger partial charge in [-0.05, 0) is 17.7 Å². The number of rotatable bonds is 4. The number of methoxy groups -OCH3 is 1. The summed E-state index contributed by atoms with van der Waals surface area (Å²) >= 11 is 0. The van der Waals surface area contributed by atoms with Gasteiger partial charge in [0.1, 0.15) is 6.42 Å². The number of aromatic nitrogens is 2. The van der Waals surface area contributed by atoms with E-state index in [0.29, 0.717) is 6.54 Å². The van der Waals surface area contributed by atoms with Crippen molar-refractivity contribution in [2.45, 2.75) is 13.0 Å². The molecule has 0 fully saturated rings. The van der Waals surface area contributed by atoms with E-state index in [4.69, 9.17) is 0 Å². The summed E-state index contributed by atoms with van der Waals surface area (Å²) < 4.78 is 6.35. The molecule has 2 rings (SSSR count). The van der Waals surface area contributed by atoms with Gasteiger partial charge in [0.05, 0.1) is 24.5 Å². The maximum absolute atomic E-state index is 11.4. The molecule has 1 amide bonds. The van der Waals surface area contributed by atoms with E-state index in [9.17, 15) is 9.59 Å². The number of aryl methyl sites for hydroxylation is 1. The molecule has 1 N–H and O–H groups in total. The third kappa shape index (κ3) is 3.09. The number of amides is 1. The first-order valence-corrected chi connectivity index (χ1v) is 5.83. The highest BCUT2D eigenvalue weighted by molar-refractivity contribution is 5.94. The molecule has 1 heterocycles. The first kappa shape index (κ1) is 13.1. The van der Waals surface area contributed by atoms with Crippen molar-refractivity contribution in [3.8, 4) is 0 Å². The van der Waals surface area contributed by atoms with Gasteiger partial charge >= 0.3 is 5.97 Å². The van der Waals surface area contributed by atoms with Crippen molar-refractivity contribution in [1.29, 1.82) is 0 Å². The second kappa shape index (κ2) is 5.51. The highest BCUT2D eigenvalue weighted by Crippen LogP contribution is 2.13. The fourth-order valence-electron chi connectivity index (χ4n) is 1.76. The Morgan fingerprint density at radius 3 is 2.95 bits per heavy atom. The SMILES string of the molecule is COC(=O)CC(=O)NCc1ccc2c(c1)ncn2C. The van der Waals surface area contributed by atoms with Gasteiger partial charge in [-0.25, -0.2) is 4.98 Å². The average molecular weight is 261 g/mol. The van der Waals surface area contributed by atoms with Crippen LogP contribution in [0.15, 0.2) is 24.5 Å². The summed E-state index contributed by atoms with van der Waals surface area (Å²) in [6.45, 7) is 0.363. The van der Waals surface area contributed by atoms with Crippen LogP contribution in [0.3, 0.4) is 0 Å². The van der Waals surface area contributed by atoms with Crippen LogP contribution in [0.1, 0.15) is 12.0 Å². The van der Waals surface area contributed by atoms with Gasteiger partial charge < -0.3 is 14.6 Å². The summed E-state index contributed by atoms with van der Waals surface area (Å²) in [4.78, 5) is 26.6. The fraction of sp³-hybridized carbons (Fsp3) is 0.308. The molecule has 6 nitrogen and oxygen atoms in total. The number of benzene rings is 1. The smallest absolute Gasteiger partial charge is 0.315 e. The highest BCUT2D eigenvalue weighted by Gasteiger charge is 2.09. The molecule has 0 saturated heterocycles. The summed E-state index contributed by atoms with van der Waals surface area (Å²) in [6, 6.07) is 5.78. The summed E-state index contributed by atoms with van der Waals surface area (Å²) in [5.74, 6) is -0.898. The lowest BCUT2D eigenvalue weighted by atomic mass is 10.2. The molecule has 1 aromatic carbocycles. The van der Waals surface area contributed by atoms with Crippen molar-refractivity contribution in [2.24, 2.45) is 7.05 Å². The van der Waals surface area contributed by atoms with Gasteiger partial charge in [0.15, 0.2) is 0 Å². The number of carbonyl (C=O) groups excluding carboxylic acids is 2. The minimum Gasteiger partial charge on any atom is -0.469 e. The summed E-state index contributed by atoms with van der Waals surface area (Å²) in [7, 11) is 3.18. The lowest BCUT2D eigenvalue weighted by Gasteiger charge is -2.05. The number of nitrogens with zero attached hydrogens (tertiary/aromatic N) is 2. The zero-order chi connectivity index (χ0) is 13.8. The van der Waals surface area contributed by atoms with Crippen molar-refractivity contribution in [3.63, 3.8) is 0 Å². The van der Waals surface area contributed by atoms with Crippen molar-refractivity contribution >= 4 is 22.9 Å². The summed E-state index contributed by atoms with van der Waals surface area (Å²) in [5, 5.41) is 2.66. The van der Waals surface area contributed by atoms with Gasteiger partial charge in [-0.15, -0.1) is 0 Å². The quantitative estimate of drug-likeness (QED) is 0.651. The Kier molecular flexibility index (Phi) is 3.79. The zero-order valence-corrected chi connectivity index (χ0v) is 10.8. The van der Waals surface area contributed by atoms with Crippen LogP contribution in [0.2, 0.25) is 0 Å². The van der Waals surface area contributed by atoms with Crippen LogP contribution in [0.25, 0.3) is 11.0 Å². The monoisotopic (exact) mass is 261 g/mol. The minimum absolute atomic E-state index is 0.262. The lowest BCUT2D eigenvalue weighted by molar-refractivity contribution is -0.143. The number of fused-ring (bicyclic) bond motifs is 1. The van der Waals surface area contributed by atoms with Gasteiger partial charge in [0, 0.05) is 13.6 Å². The molecule has 1 aromatic heterocycles. The van der Waals surface area contributed by atoms with Crippen molar-refractivity contribution < 1.29 is 14.3 Å². The summed E-state index contributed by atoms with van der Waals surface area (Å²) in [6.07, 6.45) is 1.48. The van der Waals surface area contributed by atoms with Gasteiger partial charge in [-0.3, -0.25) is 9.59 Å². The molecule has 2 aromatic rings. The van der Waals surface area contributed by atoms with Crippen LogP contribution in [-0.2, 0) is 27.9 Å². The number of esters is 1. The number of ether oxygens (including phenoxy) is 1. The van der Waals surface area contributed by atoms with Gasteiger partial charge in [0.25, 0.3) is 0 Å². The molecule has 0 radical (unpaired) electrons. The molecule has 0 unspecified atom stereocenters. The fourth-order valence-corrected chi connectivity index (χ4v) is 1.76. The molecule has 0 atom stereocenters. The second-order valence-corrected chi connectivity index (χ2v) is 4.21. The number of carbonyl (C=O) groups is 2. The minimum atomic E-state index is -0.544. The third-order valence-electron chi connectivity index (χ3n) is 2.81. The zero-order valence-electron chi connectivity index (χ0n) is 10.8. The van der Waals surface area contributed by atoms with Gasteiger partial charge in [0.2, 0.25) is 5.91 Å². The Bertz CT molecular complexity index is 619. The van der Waals surface area contributed by atoms with Crippen LogP contribution in [0, 0.1) is 0 Å². The van der Waals surface area contributed by atoms with E-state index in [-0.39, 0.29) is 12.3 Å². The van der Waals surface area contributed by atoms with Crippen LogP contribution < -0.4 is 5.32 Å². The van der Waals surface area contributed by atoms with Crippen molar-refractivity contribution in [1.82, 2.24) is 14.9 Å². The largest absolute Gasteiger partial charge is 0.469 e. The van der Waals surface area contributed by atoms with Gasteiger partial charge in [-0.1, -0.05) is 6.07 Å². The van der Waals surface area contributed by atoms with E-state index in [1.54, 1.807) is 6.33 Å². The molecule has 0 spiro atoms. The lowest BCUT2D eigenvalue weighted by Crippen LogP contribution is -2.25. The Morgan fingerprint density at radius 1 is 1.42 bits per heavy atom. The first-order chi connectivity index (χ1) is 9.10. The van der Waals surface area contributed by atoms with Crippen LogP contribution >= 0.6 is 0 Å². The maximum Gasteiger partial charge on any atom is 0.315 e. The predicted octanol–water partition coefficient (Wildman–Crippen LogP) is 0.753. The van der Waals surface area contributed by atoms with E-state index in [1.165, 1.54) is 7.11 Å². The topological polar surface area (TPSA) is 73.2 Å². The molecular weight excluding hydrogens is 246 g/mol. The van der Waals surface area contributed by atoms with E-state index in [0.717, 1.165) is 16.6 Å². The molecule has 0 saturated carbocycles. The number of nitrogens with one attached hydrogen (secondary N) is 1.